The van der Waals surface area contributed by atoms with Gasteiger partial charge in [-0.1, -0.05) is 41.9 Å². The number of hydrogen-bond donors (Lipinski definition) is 2. The molecule has 2 N–H and O–H groups in total. The van der Waals surface area contributed by atoms with E-state index in [4.69, 9.17) is 23.8 Å². The number of aromatic nitrogens is 2. The summed E-state index contributed by atoms with van der Waals surface area (Å²) in [6.07, 6.45) is 4.85. The number of hydrogen-bond acceptors (Lipinski definition) is 3. The Morgan fingerprint density at radius 3 is 2.62 bits per heavy atom. The third kappa shape index (κ3) is 4.79. The Morgan fingerprint density at radius 2 is 1.82 bits per heavy atom. The zero-order valence-corrected chi connectivity index (χ0v) is 20.2. The van der Waals surface area contributed by atoms with Gasteiger partial charge in [0.1, 0.15) is 0 Å². The summed E-state index contributed by atoms with van der Waals surface area (Å²) in [7, 11) is 0. The molecule has 0 spiro atoms. The molecule has 0 bridgehead atoms. The molecule has 2 aromatic carbocycles. The standard InChI is InChI=1S/C27H26ClN5S/c28-20-9-6-12-22(19-20)32-17-7-14-24(32)26-25(23-13-4-5-15-30-23)31-27(34)33(26)18-8-16-29-21-10-2-1-3-11-21/h1-7,9-15,17,19,25-26,29H,8,16,18H2,(H,31,34)/t25-,26+/m1/s1. The van der Waals surface area contributed by atoms with Gasteiger partial charge < -0.3 is 20.1 Å². The molecule has 1 aliphatic heterocycles. The Balaban J connectivity index is 1.43. The van der Waals surface area contributed by atoms with E-state index < -0.39 is 0 Å². The lowest BCUT2D eigenvalue weighted by Crippen LogP contribution is -2.32. The number of halogens is 1. The molecule has 34 heavy (non-hydrogen) atoms. The van der Waals surface area contributed by atoms with Gasteiger partial charge in [0.15, 0.2) is 5.11 Å². The van der Waals surface area contributed by atoms with Crippen molar-refractivity contribution in [3.8, 4) is 5.69 Å². The van der Waals surface area contributed by atoms with Crippen molar-refractivity contribution < 1.29 is 0 Å². The van der Waals surface area contributed by atoms with E-state index in [-0.39, 0.29) is 12.1 Å². The lowest BCUT2D eigenvalue weighted by Gasteiger charge is -2.29. The predicted molar refractivity (Wildman–Crippen MR) is 142 cm³/mol. The number of thiocarbonyl (C=S) groups is 1. The van der Waals surface area contributed by atoms with Crippen molar-refractivity contribution in [1.82, 2.24) is 19.8 Å². The van der Waals surface area contributed by atoms with Crippen LogP contribution in [0.3, 0.4) is 0 Å². The number of para-hydroxylation sites is 1. The summed E-state index contributed by atoms with van der Waals surface area (Å²) in [5.74, 6) is 0. The Hall–Kier alpha value is -3.35. The lowest BCUT2D eigenvalue weighted by molar-refractivity contribution is 0.307. The largest absolute Gasteiger partial charge is 0.385 e. The molecule has 1 saturated heterocycles. The molecule has 0 aliphatic carbocycles. The molecule has 0 amide bonds. The van der Waals surface area contributed by atoms with E-state index in [2.05, 4.69) is 67.7 Å². The summed E-state index contributed by atoms with van der Waals surface area (Å²) >= 11 is 12.1. The normalized spacial score (nSPS) is 17.6. The number of rotatable bonds is 8. The number of nitrogens with zero attached hydrogens (tertiary/aromatic N) is 3. The van der Waals surface area contributed by atoms with Gasteiger partial charge in [0, 0.05) is 47.6 Å². The summed E-state index contributed by atoms with van der Waals surface area (Å²) in [5.41, 5.74) is 4.26. The van der Waals surface area contributed by atoms with E-state index >= 15 is 0 Å². The molecule has 1 aliphatic rings. The van der Waals surface area contributed by atoms with Crippen molar-refractivity contribution in [1.29, 1.82) is 0 Å². The van der Waals surface area contributed by atoms with E-state index in [0.717, 1.165) is 47.4 Å². The van der Waals surface area contributed by atoms with Crippen LogP contribution in [-0.4, -0.2) is 32.7 Å². The molecule has 0 saturated carbocycles. The van der Waals surface area contributed by atoms with E-state index in [1.165, 1.54) is 0 Å². The van der Waals surface area contributed by atoms with Crippen LogP contribution in [0, 0.1) is 0 Å². The fraction of sp³-hybridized carbons (Fsp3) is 0.185. The Bertz CT molecular complexity index is 1240. The highest BCUT2D eigenvalue weighted by atomic mass is 35.5. The molecular formula is C27H26ClN5S. The maximum Gasteiger partial charge on any atom is 0.170 e. The maximum absolute atomic E-state index is 6.31. The first-order valence-corrected chi connectivity index (χ1v) is 12.2. The average Bonchev–Trinajstić information content (AvgIpc) is 3.47. The second-order valence-corrected chi connectivity index (χ2v) is 9.07. The van der Waals surface area contributed by atoms with E-state index in [9.17, 15) is 0 Å². The molecule has 1 fully saturated rings. The van der Waals surface area contributed by atoms with E-state index in [1.807, 2.05) is 54.7 Å². The first-order valence-electron chi connectivity index (χ1n) is 11.4. The zero-order valence-electron chi connectivity index (χ0n) is 18.6. The van der Waals surface area contributed by atoms with Crippen molar-refractivity contribution in [2.75, 3.05) is 18.4 Å². The first-order chi connectivity index (χ1) is 16.7. The molecule has 4 aromatic rings. The van der Waals surface area contributed by atoms with E-state index in [0.29, 0.717) is 5.02 Å². The number of nitrogens with one attached hydrogen (secondary N) is 2. The average molecular weight is 488 g/mol. The van der Waals surface area contributed by atoms with Crippen molar-refractivity contribution in [3.63, 3.8) is 0 Å². The summed E-state index contributed by atoms with van der Waals surface area (Å²) in [6.45, 7) is 1.68. The van der Waals surface area contributed by atoms with Crippen LogP contribution in [0.4, 0.5) is 5.69 Å². The second kappa shape index (κ2) is 10.3. The maximum atomic E-state index is 6.31. The molecule has 5 rings (SSSR count). The molecular weight excluding hydrogens is 462 g/mol. The Labute approximate surface area is 210 Å². The minimum atomic E-state index is -0.0522. The van der Waals surface area contributed by atoms with Crippen molar-refractivity contribution in [3.05, 3.63) is 114 Å². The number of pyridine rings is 1. The second-order valence-electron chi connectivity index (χ2n) is 8.25. The summed E-state index contributed by atoms with van der Waals surface area (Å²) in [4.78, 5) is 6.94. The van der Waals surface area contributed by atoms with Crippen LogP contribution in [0.2, 0.25) is 5.02 Å². The molecule has 2 atom stereocenters. The van der Waals surface area contributed by atoms with Crippen molar-refractivity contribution in [2.45, 2.75) is 18.5 Å². The van der Waals surface area contributed by atoms with Gasteiger partial charge >= 0.3 is 0 Å². The van der Waals surface area contributed by atoms with E-state index in [1.54, 1.807) is 0 Å². The number of anilines is 1. The smallest absolute Gasteiger partial charge is 0.170 e. The predicted octanol–water partition coefficient (Wildman–Crippen LogP) is 6.00. The topological polar surface area (TPSA) is 45.1 Å². The van der Waals surface area contributed by atoms with Crippen LogP contribution in [0.15, 0.2) is 97.3 Å². The fourth-order valence-electron chi connectivity index (χ4n) is 4.50. The van der Waals surface area contributed by atoms with Crippen LogP contribution in [0.1, 0.15) is 29.9 Å². The van der Waals surface area contributed by atoms with Crippen LogP contribution < -0.4 is 10.6 Å². The molecule has 7 heteroatoms. The fourth-order valence-corrected chi connectivity index (χ4v) is 5.02. The Kier molecular flexibility index (Phi) is 6.79. The van der Waals surface area contributed by atoms with Gasteiger partial charge in [-0.2, -0.15) is 0 Å². The van der Waals surface area contributed by atoms with Gasteiger partial charge in [-0.25, -0.2) is 0 Å². The minimum absolute atomic E-state index is 0.00638. The highest BCUT2D eigenvalue weighted by molar-refractivity contribution is 7.80. The van der Waals surface area contributed by atoms with Crippen LogP contribution in [0.25, 0.3) is 5.69 Å². The van der Waals surface area contributed by atoms with Crippen molar-refractivity contribution >= 4 is 34.6 Å². The summed E-state index contributed by atoms with van der Waals surface area (Å²) in [6, 6.07) is 28.4. The van der Waals surface area contributed by atoms with Crippen LogP contribution in [0.5, 0.6) is 0 Å². The van der Waals surface area contributed by atoms with Crippen LogP contribution in [-0.2, 0) is 0 Å². The molecule has 3 heterocycles. The van der Waals surface area contributed by atoms with Gasteiger partial charge in [0.25, 0.3) is 0 Å². The third-order valence-electron chi connectivity index (χ3n) is 6.05. The first kappa shape index (κ1) is 22.4. The summed E-state index contributed by atoms with van der Waals surface area (Å²) < 4.78 is 2.19. The minimum Gasteiger partial charge on any atom is -0.385 e. The quantitative estimate of drug-likeness (QED) is 0.236. The van der Waals surface area contributed by atoms with Gasteiger partial charge in [-0.05, 0) is 73.2 Å². The zero-order chi connectivity index (χ0) is 23.3. The highest BCUT2D eigenvalue weighted by Gasteiger charge is 2.40. The molecule has 5 nitrogen and oxygen atoms in total. The molecule has 0 unspecified atom stereocenters. The monoisotopic (exact) mass is 487 g/mol. The highest BCUT2D eigenvalue weighted by Crippen LogP contribution is 2.39. The van der Waals surface area contributed by atoms with Crippen molar-refractivity contribution in [2.24, 2.45) is 0 Å². The Morgan fingerprint density at radius 1 is 0.971 bits per heavy atom. The lowest BCUT2D eigenvalue weighted by atomic mass is 10.0. The van der Waals surface area contributed by atoms with Gasteiger partial charge in [-0.3, -0.25) is 4.98 Å². The van der Waals surface area contributed by atoms with Gasteiger partial charge in [0.05, 0.1) is 17.8 Å². The molecule has 0 radical (unpaired) electrons. The number of benzene rings is 2. The van der Waals surface area contributed by atoms with Gasteiger partial charge in [-0.15, -0.1) is 0 Å². The van der Waals surface area contributed by atoms with Crippen LogP contribution >= 0.6 is 23.8 Å². The SMILES string of the molecule is S=C1N[C@H](c2ccccn2)[C@H](c2cccn2-c2cccc(Cl)c2)N1CCCNc1ccccc1. The molecule has 2 aromatic heterocycles. The molecule has 172 valence electrons. The summed E-state index contributed by atoms with van der Waals surface area (Å²) in [5, 5.41) is 8.50. The third-order valence-corrected chi connectivity index (χ3v) is 6.63. The van der Waals surface area contributed by atoms with Gasteiger partial charge in [0.2, 0.25) is 0 Å².